The maximum absolute atomic E-state index is 11.4. The lowest BCUT2D eigenvalue weighted by Crippen LogP contribution is -2.05. The number of hydrogen-bond donors (Lipinski definition) is 0. The Morgan fingerprint density at radius 3 is 2.20 bits per heavy atom. The maximum atomic E-state index is 11.4. The van der Waals surface area contributed by atoms with Gasteiger partial charge in [-0.15, -0.1) is 0 Å². The third-order valence-electron chi connectivity index (χ3n) is 0.997. The van der Waals surface area contributed by atoms with Crippen LogP contribution in [0.4, 0.5) is 13.2 Å². The molecule has 0 aliphatic heterocycles. The lowest BCUT2D eigenvalue weighted by Gasteiger charge is -2.01. The van der Waals surface area contributed by atoms with Gasteiger partial charge in [-0.2, -0.15) is 13.2 Å². The minimum Gasteiger partial charge on any atom is -0.171 e. The Morgan fingerprint density at radius 2 is 1.80 bits per heavy atom. The summed E-state index contributed by atoms with van der Waals surface area (Å²) >= 11 is 0. The second kappa shape index (κ2) is 4.36. The molecule has 0 nitrogen and oxygen atoms in total. The van der Waals surface area contributed by atoms with E-state index in [0.717, 1.165) is 6.42 Å². The summed E-state index contributed by atoms with van der Waals surface area (Å²) in [4.78, 5) is 0. The first-order valence-electron chi connectivity index (χ1n) is 3.28. The van der Waals surface area contributed by atoms with Crippen molar-refractivity contribution < 1.29 is 13.2 Å². The number of halogens is 3. The normalized spacial score (nSPS) is 12.8. The highest BCUT2D eigenvalue weighted by molar-refractivity contribution is 4.80. The molecule has 0 fully saturated rings. The SMILES string of the molecule is CCC=CCCC(F)(F)F. The van der Waals surface area contributed by atoms with E-state index < -0.39 is 12.6 Å². The summed E-state index contributed by atoms with van der Waals surface area (Å²) in [5.41, 5.74) is 0. The summed E-state index contributed by atoms with van der Waals surface area (Å²) < 4.78 is 34.3. The fourth-order valence-electron chi connectivity index (χ4n) is 0.532. The highest BCUT2D eigenvalue weighted by atomic mass is 19.4. The Kier molecular flexibility index (Phi) is 4.16. The third kappa shape index (κ3) is 7.53. The standard InChI is InChI=1S/C7H11F3/c1-2-3-4-5-6-7(8,9)10/h3-4H,2,5-6H2,1H3. The van der Waals surface area contributed by atoms with Crippen LogP contribution in [0.25, 0.3) is 0 Å². The van der Waals surface area contributed by atoms with Gasteiger partial charge < -0.3 is 0 Å². The van der Waals surface area contributed by atoms with Crippen molar-refractivity contribution in [1.82, 2.24) is 0 Å². The molecule has 0 aromatic carbocycles. The van der Waals surface area contributed by atoms with Crippen LogP contribution >= 0.6 is 0 Å². The zero-order valence-corrected chi connectivity index (χ0v) is 5.91. The lowest BCUT2D eigenvalue weighted by atomic mass is 10.2. The van der Waals surface area contributed by atoms with E-state index in [1.165, 1.54) is 0 Å². The third-order valence-corrected chi connectivity index (χ3v) is 0.997. The number of hydrogen-bond acceptors (Lipinski definition) is 0. The summed E-state index contributed by atoms with van der Waals surface area (Å²) in [6.07, 6.45) is -0.490. The molecule has 0 amide bonds. The smallest absolute Gasteiger partial charge is 0.171 e. The van der Waals surface area contributed by atoms with E-state index >= 15 is 0 Å². The Balaban J connectivity index is 3.28. The molecular formula is C7H11F3. The van der Waals surface area contributed by atoms with Crippen molar-refractivity contribution in [3.8, 4) is 0 Å². The van der Waals surface area contributed by atoms with Crippen molar-refractivity contribution in [1.29, 1.82) is 0 Å². The van der Waals surface area contributed by atoms with Crippen molar-refractivity contribution in [2.24, 2.45) is 0 Å². The first-order valence-corrected chi connectivity index (χ1v) is 3.28. The van der Waals surface area contributed by atoms with Gasteiger partial charge in [-0.25, -0.2) is 0 Å². The predicted molar refractivity (Wildman–Crippen MR) is 34.7 cm³/mol. The highest BCUT2D eigenvalue weighted by Gasteiger charge is 2.25. The van der Waals surface area contributed by atoms with E-state index in [-0.39, 0.29) is 6.42 Å². The van der Waals surface area contributed by atoms with Crippen molar-refractivity contribution in [2.75, 3.05) is 0 Å². The molecular weight excluding hydrogens is 141 g/mol. The fraction of sp³-hybridized carbons (Fsp3) is 0.714. The summed E-state index contributed by atoms with van der Waals surface area (Å²) in [5.74, 6) is 0. The molecule has 0 rings (SSSR count). The van der Waals surface area contributed by atoms with Crippen molar-refractivity contribution in [3.05, 3.63) is 12.2 Å². The summed E-state index contributed by atoms with van der Waals surface area (Å²) in [5, 5.41) is 0. The number of allylic oxidation sites excluding steroid dienone is 2. The zero-order valence-electron chi connectivity index (χ0n) is 5.91. The summed E-state index contributed by atoms with van der Waals surface area (Å²) in [6.45, 7) is 1.89. The van der Waals surface area contributed by atoms with E-state index in [1.807, 2.05) is 6.92 Å². The first kappa shape index (κ1) is 9.53. The van der Waals surface area contributed by atoms with Crippen LogP contribution in [0.1, 0.15) is 26.2 Å². The van der Waals surface area contributed by atoms with Crippen molar-refractivity contribution in [3.63, 3.8) is 0 Å². The van der Waals surface area contributed by atoms with Crippen LogP contribution in [0.15, 0.2) is 12.2 Å². The van der Waals surface area contributed by atoms with Gasteiger partial charge in [0.15, 0.2) is 0 Å². The topological polar surface area (TPSA) is 0 Å². The molecule has 0 N–H and O–H groups in total. The minimum atomic E-state index is -4.00. The molecule has 0 unspecified atom stereocenters. The molecule has 0 bridgehead atoms. The maximum Gasteiger partial charge on any atom is 0.389 e. The van der Waals surface area contributed by atoms with Crippen molar-refractivity contribution >= 4 is 0 Å². The van der Waals surface area contributed by atoms with Crippen LogP contribution in [0.5, 0.6) is 0 Å². The fourth-order valence-corrected chi connectivity index (χ4v) is 0.532. The van der Waals surface area contributed by atoms with Crippen LogP contribution in [0.3, 0.4) is 0 Å². The van der Waals surface area contributed by atoms with Gasteiger partial charge in [0.05, 0.1) is 0 Å². The van der Waals surface area contributed by atoms with Gasteiger partial charge in [-0.1, -0.05) is 19.1 Å². The van der Waals surface area contributed by atoms with E-state index in [2.05, 4.69) is 0 Å². The monoisotopic (exact) mass is 152 g/mol. The molecule has 0 aromatic heterocycles. The minimum absolute atomic E-state index is 0.108. The Morgan fingerprint density at radius 1 is 1.20 bits per heavy atom. The van der Waals surface area contributed by atoms with Gasteiger partial charge in [0, 0.05) is 6.42 Å². The Labute approximate surface area is 58.7 Å². The molecule has 0 atom stereocenters. The second-order valence-corrected chi connectivity index (χ2v) is 2.03. The molecule has 0 saturated carbocycles. The molecule has 3 heteroatoms. The van der Waals surface area contributed by atoms with E-state index in [0.29, 0.717) is 0 Å². The van der Waals surface area contributed by atoms with Crippen LogP contribution in [0.2, 0.25) is 0 Å². The number of alkyl halides is 3. The second-order valence-electron chi connectivity index (χ2n) is 2.03. The average Bonchev–Trinajstić information content (AvgIpc) is 1.78. The molecule has 0 radical (unpaired) electrons. The molecule has 0 spiro atoms. The molecule has 0 saturated heterocycles. The van der Waals surface area contributed by atoms with Crippen LogP contribution in [-0.2, 0) is 0 Å². The highest BCUT2D eigenvalue weighted by Crippen LogP contribution is 2.21. The largest absolute Gasteiger partial charge is 0.389 e. The zero-order chi connectivity index (χ0) is 8.04. The van der Waals surface area contributed by atoms with Gasteiger partial charge >= 0.3 is 6.18 Å². The van der Waals surface area contributed by atoms with Gasteiger partial charge in [0.2, 0.25) is 0 Å². The van der Waals surface area contributed by atoms with Gasteiger partial charge in [0.1, 0.15) is 0 Å². The van der Waals surface area contributed by atoms with E-state index in [4.69, 9.17) is 0 Å². The van der Waals surface area contributed by atoms with Crippen LogP contribution in [0, 0.1) is 0 Å². The Hall–Kier alpha value is -0.470. The molecule has 0 aromatic rings. The first-order chi connectivity index (χ1) is 4.56. The van der Waals surface area contributed by atoms with Crippen molar-refractivity contribution in [2.45, 2.75) is 32.4 Å². The van der Waals surface area contributed by atoms with Crippen LogP contribution in [-0.4, -0.2) is 6.18 Å². The molecule has 10 heavy (non-hydrogen) atoms. The quantitative estimate of drug-likeness (QED) is 0.544. The lowest BCUT2D eigenvalue weighted by molar-refractivity contribution is -0.133. The molecule has 60 valence electrons. The number of rotatable bonds is 3. The Bertz CT molecular complexity index is 102. The van der Waals surface area contributed by atoms with E-state index in [9.17, 15) is 13.2 Å². The van der Waals surface area contributed by atoms with Crippen LogP contribution < -0.4 is 0 Å². The van der Waals surface area contributed by atoms with Gasteiger partial charge in [0.25, 0.3) is 0 Å². The summed E-state index contributed by atoms with van der Waals surface area (Å²) in [6, 6.07) is 0. The van der Waals surface area contributed by atoms with Gasteiger partial charge in [-0.3, -0.25) is 0 Å². The average molecular weight is 152 g/mol. The van der Waals surface area contributed by atoms with E-state index in [1.54, 1.807) is 12.2 Å². The molecule has 0 aliphatic rings. The van der Waals surface area contributed by atoms with Gasteiger partial charge in [-0.05, 0) is 12.8 Å². The molecule has 0 heterocycles. The summed E-state index contributed by atoms with van der Waals surface area (Å²) in [7, 11) is 0. The molecule has 0 aliphatic carbocycles. The predicted octanol–water partition coefficient (Wildman–Crippen LogP) is 3.30.